The van der Waals surface area contributed by atoms with Crippen molar-refractivity contribution in [3.63, 3.8) is 0 Å². The van der Waals surface area contributed by atoms with Gasteiger partial charge in [0, 0.05) is 18.6 Å². The third-order valence-electron chi connectivity index (χ3n) is 3.20. The van der Waals surface area contributed by atoms with Crippen LogP contribution in [0.25, 0.3) is 0 Å². The van der Waals surface area contributed by atoms with Gasteiger partial charge in [-0.25, -0.2) is 8.42 Å². The first-order chi connectivity index (χ1) is 7.21. The molecule has 0 aromatic rings. The molecule has 1 rings (SSSR count). The largest absolute Gasteiger partial charge is 0.329 e. The van der Waals surface area contributed by atoms with Gasteiger partial charge in [-0.3, -0.25) is 0 Å². The fraction of sp³-hybridized carbons (Fsp3) is 1.00. The van der Waals surface area contributed by atoms with Crippen LogP contribution in [0.2, 0.25) is 0 Å². The molecule has 1 heterocycles. The third kappa shape index (κ3) is 2.76. The molecule has 5 heteroatoms. The standard InChI is InChI=1S/C11H24N2O2S/c1-9(2)5-11(4,8-12)13-6-10(3)7-16(13,14)15/h9-10H,5-8,12H2,1-4H3. The maximum atomic E-state index is 12.0. The summed E-state index contributed by atoms with van der Waals surface area (Å²) in [6, 6.07) is 0. The van der Waals surface area contributed by atoms with Gasteiger partial charge in [-0.2, -0.15) is 4.31 Å². The van der Waals surface area contributed by atoms with Gasteiger partial charge in [-0.15, -0.1) is 0 Å². The van der Waals surface area contributed by atoms with E-state index in [-0.39, 0.29) is 11.7 Å². The normalized spacial score (nSPS) is 29.5. The molecule has 0 amide bonds. The van der Waals surface area contributed by atoms with E-state index < -0.39 is 15.6 Å². The molecule has 0 spiro atoms. The molecule has 4 nitrogen and oxygen atoms in total. The molecule has 1 fully saturated rings. The maximum absolute atomic E-state index is 12.0. The van der Waals surface area contributed by atoms with Crippen LogP contribution in [0.1, 0.15) is 34.1 Å². The molecule has 1 aliphatic rings. The minimum Gasteiger partial charge on any atom is -0.329 e. The third-order valence-corrected chi connectivity index (χ3v) is 5.45. The number of hydrogen-bond acceptors (Lipinski definition) is 3. The highest BCUT2D eigenvalue weighted by atomic mass is 32.2. The second kappa shape index (κ2) is 4.63. The minimum absolute atomic E-state index is 0.211. The summed E-state index contributed by atoms with van der Waals surface area (Å²) in [4.78, 5) is 0. The molecule has 0 radical (unpaired) electrons. The van der Waals surface area contributed by atoms with E-state index in [1.54, 1.807) is 4.31 Å². The molecule has 0 bridgehead atoms. The molecule has 96 valence electrons. The lowest BCUT2D eigenvalue weighted by Crippen LogP contribution is -2.53. The van der Waals surface area contributed by atoms with Crippen molar-refractivity contribution >= 4 is 10.0 Å². The van der Waals surface area contributed by atoms with Crippen molar-refractivity contribution in [2.24, 2.45) is 17.6 Å². The van der Waals surface area contributed by atoms with E-state index in [0.29, 0.717) is 19.0 Å². The monoisotopic (exact) mass is 248 g/mol. The van der Waals surface area contributed by atoms with Crippen LogP contribution in [-0.4, -0.2) is 37.1 Å². The summed E-state index contributed by atoms with van der Waals surface area (Å²) in [5.74, 6) is 0.920. The van der Waals surface area contributed by atoms with Crippen LogP contribution in [0.15, 0.2) is 0 Å². The van der Waals surface area contributed by atoms with E-state index in [2.05, 4.69) is 13.8 Å². The van der Waals surface area contributed by atoms with Crippen LogP contribution in [-0.2, 0) is 10.0 Å². The molecule has 0 aromatic heterocycles. The van der Waals surface area contributed by atoms with Gasteiger partial charge in [0.1, 0.15) is 0 Å². The Hall–Kier alpha value is -0.130. The molecule has 2 N–H and O–H groups in total. The summed E-state index contributed by atoms with van der Waals surface area (Å²) < 4.78 is 25.7. The van der Waals surface area contributed by atoms with Crippen molar-refractivity contribution in [3.05, 3.63) is 0 Å². The van der Waals surface area contributed by atoms with E-state index >= 15 is 0 Å². The SMILES string of the molecule is CC(C)CC(C)(CN)N1CC(C)CS1(=O)=O. The van der Waals surface area contributed by atoms with Crippen molar-refractivity contribution in [1.82, 2.24) is 4.31 Å². The molecule has 2 atom stereocenters. The first-order valence-corrected chi connectivity index (χ1v) is 7.53. The molecule has 0 saturated carbocycles. The average molecular weight is 248 g/mol. The second-order valence-electron chi connectivity index (χ2n) is 5.71. The predicted molar refractivity (Wildman–Crippen MR) is 66.6 cm³/mol. The van der Waals surface area contributed by atoms with Crippen molar-refractivity contribution in [2.75, 3.05) is 18.8 Å². The zero-order valence-electron chi connectivity index (χ0n) is 10.7. The van der Waals surface area contributed by atoms with Gasteiger partial charge in [0.25, 0.3) is 0 Å². The zero-order chi connectivity index (χ0) is 12.6. The molecule has 16 heavy (non-hydrogen) atoms. The molecular weight excluding hydrogens is 224 g/mol. The summed E-state index contributed by atoms with van der Waals surface area (Å²) in [6.07, 6.45) is 0.815. The Morgan fingerprint density at radius 1 is 1.50 bits per heavy atom. The second-order valence-corrected chi connectivity index (χ2v) is 7.65. The van der Waals surface area contributed by atoms with Gasteiger partial charge in [-0.1, -0.05) is 20.8 Å². The summed E-state index contributed by atoms with van der Waals surface area (Å²) in [5, 5.41) is 0. The summed E-state index contributed by atoms with van der Waals surface area (Å²) in [6.45, 7) is 9.13. The van der Waals surface area contributed by atoms with Crippen molar-refractivity contribution in [1.29, 1.82) is 0 Å². The Labute approximate surface area is 99.2 Å². The average Bonchev–Trinajstić information content (AvgIpc) is 2.38. The molecule has 1 aliphatic heterocycles. The van der Waals surface area contributed by atoms with E-state index in [0.717, 1.165) is 6.42 Å². The minimum atomic E-state index is -3.10. The van der Waals surface area contributed by atoms with Crippen molar-refractivity contribution in [2.45, 2.75) is 39.7 Å². The van der Waals surface area contributed by atoms with E-state index in [1.807, 2.05) is 13.8 Å². The highest BCUT2D eigenvalue weighted by Gasteiger charge is 2.44. The van der Waals surface area contributed by atoms with Gasteiger partial charge in [0.2, 0.25) is 10.0 Å². The van der Waals surface area contributed by atoms with Gasteiger partial charge in [-0.05, 0) is 25.2 Å². The van der Waals surface area contributed by atoms with Gasteiger partial charge in [0.05, 0.1) is 5.75 Å². The lowest BCUT2D eigenvalue weighted by atomic mass is 9.90. The molecule has 1 saturated heterocycles. The van der Waals surface area contributed by atoms with Crippen molar-refractivity contribution < 1.29 is 8.42 Å². The molecule has 2 unspecified atom stereocenters. The molecule has 0 aliphatic carbocycles. The predicted octanol–water partition coefficient (Wildman–Crippen LogP) is 1.03. The quantitative estimate of drug-likeness (QED) is 0.808. The molecule has 0 aromatic carbocycles. The highest BCUT2D eigenvalue weighted by Crippen LogP contribution is 2.31. The van der Waals surface area contributed by atoms with Crippen LogP contribution in [0.5, 0.6) is 0 Å². The summed E-state index contributed by atoms with van der Waals surface area (Å²) in [7, 11) is -3.10. The van der Waals surface area contributed by atoms with Crippen LogP contribution in [0.4, 0.5) is 0 Å². The summed E-state index contributed by atoms with van der Waals surface area (Å²) >= 11 is 0. The Morgan fingerprint density at radius 3 is 2.38 bits per heavy atom. The number of hydrogen-bond donors (Lipinski definition) is 1. The fourth-order valence-electron chi connectivity index (χ4n) is 2.62. The van der Waals surface area contributed by atoms with Gasteiger partial charge in [0.15, 0.2) is 0 Å². The Morgan fingerprint density at radius 2 is 2.06 bits per heavy atom. The summed E-state index contributed by atoms with van der Waals surface area (Å²) in [5.41, 5.74) is 5.38. The highest BCUT2D eigenvalue weighted by molar-refractivity contribution is 7.89. The number of nitrogens with two attached hydrogens (primary N) is 1. The van der Waals surface area contributed by atoms with E-state index in [1.165, 1.54) is 0 Å². The topological polar surface area (TPSA) is 63.4 Å². The smallest absolute Gasteiger partial charge is 0.214 e. The fourth-order valence-corrected chi connectivity index (χ4v) is 4.93. The van der Waals surface area contributed by atoms with Gasteiger partial charge < -0.3 is 5.73 Å². The Bertz CT molecular complexity index is 340. The van der Waals surface area contributed by atoms with E-state index in [9.17, 15) is 8.42 Å². The van der Waals surface area contributed by atoms with Gasteiger partial charge >= 0.3 is 0 Å². The van der Waals surface area contributed by atoms with Crippen molar-refractivity contribution in [3.8, 4) is 0 Å². The van der Waals surface area contributed by atoms with E-state index in [4.69, 9.17) is 5.73 Å². The first-order valence-electron chi connectivity index (χ1n) is 5.92. The lowest BCUT2D eigenvalue weighted by molar-refractivity contribution is 0.181. The first kappa shape index (κ1) is 13.9. The van der Waals surface area contributed by atoms with Crippen LogP contribution < -0.4 is 5.73 Å². The number of rotatable bonds is 4. The van der Waals surface area contributed by atoms with Crippen LogP contribution in [0, 0.1) is 11.8 Å². The maximum Gasteiger partial charge on any atom is 0.214 e. The number of sulfonamides is 1. The lowest BCUT2D eigenvalue weighted by Gasteiger charge is -2.38. The van der Waals surface area contributed by atoms with Crippen LogP contribution >= 0.6 is 0 Å². The number of nitrogens with zero attached hydrogens (tertiary/aromatic N) is 1. The van der Waals surface area contributed by atoms with Crippen LogP contribution in [0.3, 0.4) is 0 Å². The Kier molecular flexibility index (Phi) is 4.03. The molecular formula is C11H24N2O2S. The Balaban J connectivity index is 2.96. The zero-order valence-corrected chi connectivity index (χ0v) is 11.5.